The minimum absolute atomic E-state index is 0.0492. The first-order valence-electron chi connectivity index (χ1n) is 8.68. The van der Waals surface area contributed by atoms with Gasteiger partial charge in [0.05, 0.1) is 6.61 Å². The van der Waals surface area contributed by atoms with Crippen molar-refractivity contribution >= 4 is 23.7 Å². The molecule has 0 bridgehead atoms. The Balaban J connectivity index is 2.84. The number of nitrogens with one attached hydrogen (secondary N) is 2. The Labute approximate surface area is 162 Å². The highest BCUT2D eigenvalue weighted by Crippen LogP contribution is 2.10. The molecule has 28 heavy (non-hydrogen) atoms. The Morgan fingerprint density at radius 3 is 2.43 bits per heavy atom. The zero-order chi connectivity index (χ0) is 21.1. The smallest absolute Gasteiger partial charge is 0.330 e. The van der Waals surface area contributed by atoms with Crippen molar-refractivity contribution in [2.24, 2.45) is 5.73 Å². The topological polar surface area (TPSA) is 128 Å². The molecule has 0 saturated carbocycles. The molecule has 0 aliphatic carbocycles. The molecule has 152 valence electrons. The lowest BCUT2D eigenvalue weighted by Gasteiger charge is -2.21. The fourth-order valence-electron chi connectivity index (χ4n) is 2.35. The molecule has 3 amide bonds. The molecule has 1 aromatic carbocycles. The lowest BCUT2D eigenvalue weighted by Crippen LogP contribution is -2.53. The Morgan fingerprint density at radius 1 is 1.18 bits per heavy atom. The minimum atomic E-state index is -1.12. The first kappa shape index (κ1) is 22.8. The fourth-order valence-corrected chi connectivity index (χ4v) is 2.35. The molecule has 2 atom stereocenters. The standard InChI is InChI=1S/C19H24FN3O5/c1-3-28-17(25)10-6-9-15(18(21)26)23-19(27)16(22-12(2)24)11-13-7-4-5-8-14(13)20/h4-8,10,15-16H,3,9,11H2,1-2H3,(H2,21,26)(H,22,24)(H,23,27)/b10-6+/t15-,16-/m1/s1. The van der Waals surface area contributed by atoms with Crippen LogP contribution in [0, 0.1) is 5.82 Å². The summed E-state index contributed by atoms with van der Waals surface area (Å²) in [4.78, 5) is 46.8. The average molecular weight is 393 g/mol. The zero-order valence-electron chi connectivity index (χ0n) is 15.7. The molecule has 0 unspecified atom stereocenters. The number of halogens is 1. The van der Waals surface area contributed by atoms with Gasteiger partial charge in [-0.1, -0.05) is 24.3 Å². The maximum atomic E-state index is 13.9. The van der Waals surface area contributed by atoms with Gasteiger partial charge < -0.3 is 21.1 Å². The molecular formula is C19H24FN3O5. The molecule has 0 aliphatic heterocycles. The van der Waals surface area contributed by atoms with Crippen LogP contribution in [0.5, 0.6) is 0 Å². The molecule has 0 saturated heterocycles. The predicted molar refractivity (Wildman–Crippen MR) is 99.2 cm³/mol. The van der Waals surface area contributed by atoms with E-state index in [1.807, 2.05) is 0 Å². The van der Waals surface area contributed by atoms with Gasteiger partial charge in [0.1, 0.15) is 17.9 Å². The van der Waals surface area contributed by atoms with E-state index in [0.717, 1.165) is 6.08 Å². The van der Waals surface area contributed by atoms with Crippen LogP contribution in [0.25, 0.3) is 0 Å². The number of esters is 1. The van der Waals surface area contributed by atoms with E-state index in [0.29, 0.717) is 0 Å². The summed E-state index contributed by atoms with van der Waals surface area (Å²) in [7, 11) is 0. The van der Waals surface area contributed by atoms with Gasteiger partial charge in [-0.2, -0.15) is 0 Å². The van der Waals surface area contributed by atoms with Gasteiger partial charge in [-0.3, -0.25) is 14.4 Å². The summed E-state index contributed by atoms with van der Waals surface area (Å²) in [5, 5.41) is 4.84. The molecule has 0 radical (unpaired) electrons. The van der Waals surface area contributed by atoms with Crippen molar-refractivity contribution in [2.45, 2.75) is 38.8 Å². The largest absolute Gasteiger partial charge is 0.463 e. The Morgan fingerprint density at radius 2 is 1.86 bits per heavy atom. The summed E-state index contributed by atoms with van der Waals surface area (Å²) in [6, 6.07) is 3.62. The van der Waals surface area contributed by atoms with Gasteiger partial charge in [0.15, 0.2) is 0 Å². The van der Waals surface area contributed by atoms with Crippen LogP contribution < -0.4 is 16.4 Å². The van der Waals surface area contributed by atoms with E-state index in [1.54, 1.807) is 13.0 Å². The molecule has 8 nitrogen and oxygen atoms in total. The van der Waals surface area contributed by atoms with Gasteiger partial charge >= 0.3 is 5.97 Å². The number of primary amides is 1. The third-order valence-electron chi connectivity index (χ3n) is 3.65. The summed E-state index contributed by atoms with van der Waals surface area (Å²) in [5.41, 5.74) is 5.52. The van der Waals surface area contributed by atoms with E-state index in [2.05, 4.69) is 10.6 Å². The molecule has 0 aliphatic rings. The van der Waals surface area contributed by atoms with Crippen LogP contribution in [-0.4, -0.2) is 42.4 Å². The number of amides is 3. The Hall–Kier alpha value is -3.23. The van der Waals surface area contributed by atoms with Crippen LogP contribution in [0.4, 0.5) is 4.39 Å². The first-order chi connectivity index (χ1) is 13.2. The van der Waals surface area contributed by atoms with Crippen molar-refractivity contribution < 1.29 is 28.3 Å². The number of hydrogen-bond acceptors (Lipinski definition) is 5. The average Bonchev–Trinajstić information content (AvgIpc) is 2.61. The summed E-state index contributed by atoms with van der Waals surface area (Å²) < 4.78 is 18.6. The third-order valence-corrected chi connectivity index (χ3v) is 3.65. The van der Waals surface area contributed by atoms with E-state index < -0.39 is 41.6 Å². The van der Waals surface area contributed by atoms with E-state index in [1.165, 1.54) is 31.2 Å². The van der Waals surface area contributed by atoms with Crippen molar-refractivity contribution in [3.63, 3.8) is 0 Å². The van der Waals surface area contributed by atoms with Gasteiger partial charge in [-0.25, -0.2) is 9.18 Å². The minimum Gasteiger partial charge on any atom is -0.463 e. The van der Waals surface area contributed by atoms with Crippen LogP contribution in [0.15, 0.2) is 36.4 Å². The van der Waals surface area contributed by atoms with Crippen molar-refractivity contribution in [1.82, 2.24) is 10.6 Å². The number of carbonyl (C=O) groups excluding carboxylic acids is 4. The molecule has 1 rings (SSSR count). The van der Waals surface area contributed by atoms with E-state index in [4.69, 9.17) is 10.5 Å². The summed E-state index contributed by atoms with van der Waals surface area (Å²) in [5.74, 6) is -3.13. The number of rotatable bonds is 10. The molecular weight excluding hydrogens is 369 g/mol. The maximum absolute atomic E-state index is 13.9. The second-order valence-electron chi connectivity index (χ2n) is 5.90. The predicted octanol–water partition coefficient (Wildman–Crippen LogP) is 0.352. The van der Waals surface area contributed by atoms with Gasteiger partial charge in [0, 0.05) is 19.4 Å². The molecule has 0 heterocycles. The first-order valence-corrected chi connectivity index (χ1v) is 8.68. The summed E-state index contributed by atoms with van der Waals surface area (Å²) >= 11 is 0. The van der Waals surface area contributed by atoms with E-state index in [9.17, 15) is 23.6 Å². The molecule has 9 heteroatoms. The van der Waals surface area contributed by atoms with E-state index in [-0.39, 0.29) is 25.0 Å². The van der Waals surface area contributed by atoms with Gasteiger partial charge in [0.25, 0.3) is 0 Å². The molecule has 4 N–H and O–H groups in total. The molecule has 0 aromatic heterocycles. The fraction of sp³-hybridized carbons (Fsp3) is 0.368. The van der Waals surface area contributed by atoms with Crippen molar-refractivity contribution in [3.05, 3.63) is 47.8 Å². The molecule has 0 fully saturated rings. The maximum Gasteiger partial charge on any atom is 0.330 e. The van der Waals surface area contributed by atoms with Gasteiger partial charge in [0.2, 0.25) is 17.7 Å². The number of hydrogen-bond donors (Lipinski definition) is 3. The normalized spacial score (nSPS) is 12.8. The third kappa shape index (κ3) is 7.98. The number of ether oxygens (including phenoxy) is 1. The zero-order valence-corrected chi connectivity index (χ0v) is 15.7. The monoisotopic (exact) mass is 393 g/mol. The quantitative estimate of drug-likeness (QED) is 0.390. The van der Waals surface area contributed by atoms with Crippen molar-refractivity contribution in [2.75, 3.05) is 6.61 Å². The van der Waals surface area contributed by atoms with Gasteiger partial charge in [-0.05, 0) is 25.0 Å². The molecule has 0 spiro atoms. The number of benzene rings is 1. The lowest BCUT2D eigenvalue weighted by molar-refractivity contribution is -0.137. The highest BCUT2D eigenvalue weighted by Gasteiger charge is 2.25. The van der Waals surface area contributed by atoms with Crippen LogP contribution in [0.2, 0.25) is 0 Å². The van der Waals surface area contributed by atoms with Crippen LogP contribution >= 0.6 is 0 Å². The number of carbonyl (C=O) groups is 4. The van der Waals surface area contributed by atoms with Crippen molar-refractivity contribution in [3.8, 4) is 0 Å². The van der Waals surface area contributed by atoms with E-state index >= 15 is 0 Å². The summed E-state index contributed by atoms with van der Waals surface area (Å²) in [6.45, 7) is 3.07. The van der Waals surface area contributed by atoms with Crippen LogP contribution in [-0.2, 0) is 30.3 Å². The Bertz CT molecular complexity index is 751. The lowest BCUT2D eigenvalue weighted by atomic mass is 10.0. The van der Waals surface area contributed by atoms with Crippen LogP contribution in [0.1, 0.15) is 25.8 Å². The van der Waals surface area contributed by atoms with Gasteiger partial charge in [-0.15, -0.1) is 0 Å². The molecule has 1 aromatic rings. The second-order valence-corrected chi connectivity index (χ2v) is 5.90. The second kappa shape index (κ2) is 11.5. The highest BCUT2D eigenvalue weighted by molar-refractivity contribution is 5.91. The van der Waals surface area contributed by atoms with Crippen molar-refractivity contribution in [1.29, 1.82) is 0 Å². The summed E-state index contributed by atoms with van der Waals surface area (Å²) in [6.07, 6.45) is 2.31. The highest BCUT2D eigenvalue weighted by atomic mass is 19.1. The van der Waals surface area contributed by atoms with Crippen LogP contribution in [0.3, 0.4) is 0 Å². The Kier molecular flexibility index (Phi) is 9.35. The number of nitrogens with two attached hydrogens (primary N) is 1. The SMILES string of the molecule is CCOC(=O)/C=C/C[C@@H](NC(=O)[C@@H](Cc1ccccc1F)NC(C)=O)C(N)=O.